The number of hydrogen-bond donors (Lipinski definition) is 2. The molecule has 2 aromatic carbocycles. The fourth-order valence-electron chi connectivity index (χ4n) is 2.16. The van der Waals surface area contributed by atoms with Gasteiger partial charge in [0.1, 0.15) is 5.82 Å². The molecule has 0 atom stereocenters. The van der Waals surface area contributed by atoms with Crippen LogP contribution >= 0.6 is 0 Å². The maximum absolute atomic E-state index is 13.0. The fourth-order valence-corrected chi connectivity index (χ4v) is 2.16. The lowest BCUT2D eigenvalue weighted by molar-refractivity contribution is -0.115. The van der Waals surface area contributed by atoms with Crippen LogP contribution in [0.1, 0.15) is 5.56 Å². The van der Waals surface area contributed by atoms with Crippen molar-refractivity contribution in [2.45, 2.75) is 6.42 Å². The molecule has 3 rings (SSSR count). The average molecular weight is 268 g/mol. The van der Waals surface area contributed by atoms with Gasteiger partial charge in [-0.05, 0) is 41.3 Å². The Morgan fingerprint density at radius 2 is 2.05 bits per heavy atom. The zero-order valence-corrected chi connectivity index (χ0v) is 10.7. The SMILES string of the molecule is O=C(Cc1ccc2cc[nH]c2c1)Nc1cccc(F)c1. The zero-order valence-electron chi connectivity index (χ0n) is 10.7. The van der Waals surface area contributed by atoms with Crippen molar-refractivity contribution in [3.05, 3.63) is 66.1 Å². The molecule has 0 spiro atoms. The number of halogens is 1. The van der Waals surface area contributed by atoms with Crippen molar-refractivity contribution < 1.29 is 9.18 Å². The Morgan fingerprint density at radius 1 is 1.15 bits per heavy atom. The highest BCUT2D eigenvalue weighted by Gasteiger charge is 2.06. The molecule has 0 saturated heterocycles. The number of aromatic nitrogens is 1. The van der Waals surface area contributed by atoms with Crippen molar-refractivity contribution in [2.24, 2.45) is 0 Å². The molecule has 20 heavy (non-hydrogen) atoms. The molecule has 3 aromatic rings. The molecule has 4 heteroatoms. The Morgan fingerprint density at radius 3 is 2.90 bits per heavy atom. The zero-order chi connectivity index (χ0) is 13.9. The van der Waals surface area contributed by atoms with E-state index in [1.54, 1.807) is 12.1 Å². The number of hydrogen-bond acceptors (Lipinski definition) is 1. The van der Waals surface area contributed by atoms with Gasteiger partial charge in [0.15, 0.2) is 0 Å². The Hall–Kier alpha value is -2.62. The molecule has 0 aliphatic carbocycles. The normalized spacial score (nSPS) is 10.7. The van der Waals surface area contributed by atoms with Gasteiger partial charge in [0, 0.05) is 17.4 Å². The second-order valence-electron chi connectivity index (χ2n) is 4.63. The third kappa shape index (κ3) is 2.69. The Bertz CT molecular complexity index is 764. The van der Waals surface area contributed by atoms with Crippen LogP contribution in [0.25, 0.3) is 10.9 Å². The summed E-state index contributed by atoms with van der Waals surface area (Å²) < 4.78 is 13.0. The van der Waals surface area contributed by atoms with Crippen LogP contribution in [-0.2, 0) is 11.2 Å². The number of amides is 1. The van der Waals surface area contributed by atoms with Crippen molar-refractivity contribution in [3.63, 3.8) is 0 Å². The van der Waals surface area contributed by atoms with Crippen molar-refractivity contribution in [3.8, 4) is 0 Å². The lowest BCUT2D eigenvalue weighted by Crippen LogP contribution is -2.14. The van der Waals surface area contributed by atoms with Gasteiger partial charge in [-0.15, -0.1) is 0 Å². The first-order valence-corrected chi connectivity index (χ1v) is 6.32. The predicted molar refractivity (Wildman–Crippen MR) is 77.0 cm³/mol. The summed E-state index contributed by atoms with van der Waals surface area (Å²) in [5.41, 5.74) is 2.38. The van der Waals surface area contributed by atoms with Gasteiger partial charge in [-0.1, -0.05) is 18.2 Å². The van der Waals surface area contributed by atoms with E-state index in [2.05, 4.69) is 10.3 Å². The Kier molecular flexibility index (Phi) is 3.21. The quantitative estimate of drug-likeness (QED) is 0.750. The van der Waals surface area contributed by atoms with Crippen molar-refractivity contribution in [1.29, 1.82) is 0 Å². The van der Waals surface area contributed by atoms with Crippen LogP contribution in [0, 0.1) is 5.82 Å². The highest BCUT2D eigenvalue weighted by atomic mass is 19.1. The number of carbonyl (C=O) groups excluding carboxylic acids is 1. The standard InChI is InChI=1S/C16H13FN2O/c17-13-2-1-3-14(10-13)19-16(20)9-11-4-5-12-6-7-18-15(12)8-11/h1-8,10,18H,9H2,(H,19,20). The number of carbonyl (C=O) groups is 1. The van der Waals surface area contributed by atoms with Crippen molar-refractivity contribution >= 4 is 22.5 Å². The molecule has 1 aromatic heterocycles. The molecular formula is C16H13FN2O. The summed E-state index contributed by atoms with van der Waals surface area (Å²) in [5.74, 6) is -0.530. The van der Waals surface area contributed by atoms with E-state index >= 15 is 0 Å². The van der Waals surface area contributed by atoms with Crippen LogP contribution in [0.4, 0.5) is 10.1 Å². The van der Waals surface area contributed by atoms with E-state index < -0.39 is 0 Å². The molecule has 0 fully saturated rings. The third-order valence-corrected chi connectivity index (χ3v) is 3.09. The first-order valence-electron chi connectivity index (χ1n) is 6.32. The summed E-state index contributed by atoms with van der Waals surface area (Å²) >= 11 is 0. The molecule has 0 radical (unpaired) electrons. The van der Waals surface area contributed by atoms with Crippen LogP contribution in [-0.4, -0.2) is 10.9 Å². The number of rotatable bonds is 3. The summed E-state index contributed by atoms with van der Waals surface area (Å²) in [4.78, 5) is 15.0. The smallest absolute Gasteiger partial charge is 0.228 e. The van der Waals surface area contributed by atoms with E-state index in [1.807, 2.05) is 30.5 Å². The van der Waals surface area contributed by atoms with E-state index in [0.29, 0.717) is 5.69 Å². The van der Waals surface area contributed by atoms with Gasteiger partial charge < -0.3 is 10.3 Å². The van der Waals surface area contributed by atoms with Gasteiger partial charge >= 0.3 is 0 Å². The van der Waals surface area contributed by atoms with E-state index in [0.717, 1.165) is 16.5 Å². The minimum absolute atomic E-state index is 0.165. The molecule has 0 saturated carbocycles. The first kappa shape index (κ1) is 12.4. The van der Waals surface area contributed by atoms with E-state index in [1.165, 1.54) is 12.1 Å². The summed E-state index contributed by atoms with van der Waals surface area (Å²) in [5, 5.41) is 3.79. The lowest BCUT2D eigenvalue weighted by Gasteiger charge is -2.05. The number of benzene rings is 2. The highest BCUT2D eigenvalue weighted by Crippen LogP contribution is 2.15. The monoisotopic (exact) mass is 268 g/mol. The second kappa shape index (κ2) is 5.17. The first-order chi connectivity index (χ1) is 9.70. The molecule has 1 amide bonds. The number of fused-ring (bicyclic) bond motifs is 1. The average Bonchev–Trinajstić information content (AvgIpc) is 2.86. The molecule has 100 valence electrons. The molecule has 0 aliphatic heterocycles. The minimum atomic E-state index is -0.365. The molecule has 2 N–H and O–H groups in total. The predicted octanol–water partition coefficient (Wildman–Crippen LogP) is 3.49. The number of nitrogens with one attached hydrogen (secondary N) is 2. The van der Waals surface area contributed by atoms with Gasteiger partial charge in [0.2, 0.25) is 5.91 Å². The van der Waals surface area contributed by atoms with Gasteiger partial charge in [0.25, 0.3) is 0 Å². The topological polar surface area (TPSA) is 44.9 Å². The minimum Gasteiger partial charge on any atom is -0.361 e. The molecule has 0 bridgehead atoms. The van der Waals surface area contributed by atoms with Gasteiger partial charge in [-0.3, -0.25) is 4.79 Å². The van der Waals surface area contributed by atoms with E-state index in [9.17, 15) is 9.18 Å². The van der Waals surface area contributed by atoms with Crippen LogP contribution in [0.5, 0.6) is 0 Å². The van der Waals surface area contributed by atoms with Gasteiger partial charge in [0.05, 0.1) is 6.42 Å². The third-order valence-electron chi connectivity index (χ3n) is 3.09. The number of H-pyrrole nitrogens is 1. The van der Waals surface area contributed by atoms with Crippen molar-refractivity contribution in [1.82, 2.24) is 4.98 Å². The second-order valence-corrected chi connectivity index (χ2v) is 4.63. The highest BCUT2D eigenvalue weighted by molar-refractivity contribution is 5.93. The number of aromatic amines is 1. The molecular weight excluding hydrogens is 255 g/mol. The molecule has 0 unspecified atom stereocenters. The number of anilines is 1. The Balaban J connectivity index is 1.72. The summed E-state index contributed by atoms with van der Waals surface area (Å²) in [7, 11) is 0. The summed E-state index contributed by atoms with van der Waals surface area (Å²) in [6.07, 6.45) is 2.12. The molecule has 3 nitrogen and oxygen atoms in total. The lowest BCUT2D eigenvalue weighted by atomic mass is 10.1. The maximum atomic E-state index is 13.0. The van der Waals surface area contributed by atoms with Crippen LogP contribution in [0.15, 0.2) is 54.7 Å². The fraction of sp³-hybridized carbons (Fsp3) is 0.0625. The summed E-state index contributed by atoms with van der Waals surface area (Å²) in [6.45, 7) is 0. The van der Waals surface area contributed by atoms with Crippen LogP contribution in [0.2, 0.25) is 0 Å². The summed E-state index contributed by atoms with van der Waals surface area (Å²) in [6, 6.07) is 13.7. The van der Waals surface area contributed by atoms with E-state index in [-0.39, 0.29) is 18.1 Å². The van der Waals surface area contributed by atoms with Gasteiger partial charge in [-0.25, -0.2) is 4.39 Å². The van der Waals surface area contributed by atoms with Crippen LogP contribution in [0.3, 0.4) is 0 Å². The maximum Gasteiger partial charge on any atom is 0.228 e. The van der Waals surface area contributed by atoms with Crippen LogP contribution < -0.4 is 5.32 Å². The van der Waals surface area contributed by atoms with E-state index in [4.69, 9.17) is 0 Å². The molecule has 0 aliphatic rings. The van der Waals surface area contributed by atoms with Crippen molar-refractivity contribution in [2.75, 3.05) is 5.32 Å². The Labute approximate surface area is 115 Å². The molecule has 1 heterocycles. The van der Waals surface area contributed by atoms with Gasteiger partial charge in [-0.2, -0.15) is 0 Å². The largest absolute Gasteiger partial charge is 0.361 e.